The van der Waals surface area contributed by atoms with E-state index in [4.69, 9.17) is 0 Å². The van der Waals surface area contributed by atoms with Gasteiger partial charge in [0.25, 0.3) is 0 Å². The van der Waals surface area contributed by atoms with Gasteiger partial charge in [0, 0.05) is 17.6 Å². The molecule has 2 rings (SSSR count). The van der Waals surface area contributed by atoms with Crippen molar-refractivity contribution in [3.05, 3.63) is 58.9 Å². The van der Waals surface area contributed by atoms with Gasteiger partial charge in [0.2, 0.25) is 5.91 Å². The van der Waals surface area contributed by atoms with Crippen molar-refractivity contribution in [2.24, 2.45) is 0 Å². The summed E-state index contributed by atoms with van der Waals surface area (Å²) in [5.41, 5.74) is 5.38. The summed E-state index contributed by atoms with van der Waals surface area (Å²) in [6.07, 6.45) is 3.93. The van der Waals surface area contributed by atoms with Crippen LogP contribution in [0.15, 0.2) is 36.5 Å². The molecule has 0 unspecified atom stereocenters. The highest BCUT2D eigenvalue weighted by Crippen LogP contribution is 2.24. The highest BCUT2D eigenvalue weighted by molar-refractivity contribution is 5.93. The molecule has 0 bridgehead atoms. The lowest BCUT2D eigenvalue weighted by Gasteiger charge is -2.15. The van der Waals surface area contributed by atoms with Gasteiger partial charge in [-0.15, -0.1) is 0 Å². The van der Waals surface area contributed by atoms with Crippen LogP contribution in [0, 0.1) is 6.92 Å². The van der Waals surface area contributed by atoms with E-state index in [2.05, 4.69) is 43.2 Å². The van der Waals surface area contributed by atoms with E-state index in [0.717, 1.165) is 29.8 Å². The highest BCUT2D eigenvalue weighted by atomic mass is 16.1. The first-order valence-electron chi connectivity index (χ1n) is 7.46. The van der Waals surface area contributed by atoms with Crippen LogP contribution in [0.2, 0.25) is 0 Å². The first kappa shape index (κ1) is 15.2. The van der Waals surface area contributed by atoms with Crippen molar-refractivity contribution in [2.45, 2.75) is 40.0 Å². The number of nitrogens with zero attached hydrogens (tertiary/aromatic N) is 1. The maximum Gasteiger partial charge on any atom is 0.230 e. The Morgan fingerprint density at radius 3 is 2.62 bits per heavy atom. The monoisotopic (exact) mass is 282 g/mol. The quantitative estimate of drug-likeness (QED) is 0.908. The predicted molar refractivity (Wildman–Crippen MR) is 86.5 cm³/mol. The molecule has 0 spiro atoms. The third kappa shape index (κ3) is 3.91. The van der Waals surface area contributed by atoms with Crippen molar-refractivity contribution in [2.75, 3.05) is 5.32 Å². The summed E-state index contributed by atoms with van der Waals surface area (Å²) in [5, 5.41) is 3.05. The zero-order chi connectivity index (χ0) is 15.2. The molecule has 0 radical (unpaired) electrons. The first-order valence-corrected chi connectivity index (χ1v) is 7.46. The number of anilines is 1. The normalized spacial score (nSPS) is 10.4. The van der Waals surface area contributed by atoms with E-state index in [0.29, 0.717) is 6.42 Å². The van der Waals surface area contributed by atoms with Crippen LogP contribution in [0.25, 0.3) is 0 Å². The molecular weight excluding hydrogens is 260 g/mol. The van der Waals surface area contributed by atoms with Crippen LogP contribution in [0.3, 0.4) is 0 Å². The van der Waals surface area contributed by atoms with Gasteiger partial charge in [-0.25, -0.2) is 0 Å². The summed E-state index contributed by atoms with van der Waals surface area (Å²) in [5.74, 6) is -0.0178. The fourth-order valence-electron chi connectivity index (χ4n) is 2.45. The van der Waals surface area contributed by atoms with Gasteiger partial charge < -0.3 is 5.32 Å². The Bertz CT molecular complexity index is 621. The Labute approximate surface area is 126 Å². The molecule has 0 atom stereocenters. The van der Waals surface area contributed by atoms with Gasteiger partial charge >= 0.3 is 0 Å². The van der Waals surface area contributed by atoms with Gasteiger partial charge in [-0.05, 0) is 48.6 Å². The lowest BCUT2D eigenvalue weighted by molar-refractivity contribution is -0.115. The van der Waals surface area contributed by atoms with Crippen LogP contribution in [0.4, 0.5) is 5.69 Å². The standard InChI is InChI=1S/C18H22N2O/c1-4-14-10-13(3)18(15(5-2)11-14)20-17(21)12-16-8-6-7-9-19-16/h6-11H,4-5,12H2,1-3H3,(H,20,21). The fraction of sp³-hybridized carbons (Fsp3) is 0.333. The number of pyridine rings is 1. The lowest BCUT2D eigenvalue weighted by Crippen LogP contribution is -2.17. The number of carbonyl (C=O) groups is 1. The molecule has 21 heavy (non-hydrogen) atoms. The van der Waals surface area contributed by atoms with Gasteiger partial charge in [-0.1, -0.05) is 32.0 Å². The van der Waals surface area contributed by atoms with Crippen molar-refractivity contribution < 1.29 is 4.79 Å². The molecular formula is C18H22N2O. The third-order valence-electron chi connectivity index (χ3n) is 3.60. The molecule has 1 heterocycles. The third-order valence-corrected chi connectivity index (χ3v) is 3.60. The van der Waals surface area contributed by atoms with Crippen LogP contribution in [-0.2, 0) is 24.1 Å². The van der Waals surface area contributed by atoms with Crippen LogP contribution in [-0.4, -0.2) is 10.9 Å². The Morgan fingerprint density at radius 1 is 1.19 bits per heavy atom. The summed E-state index contributed by atoms with van der Waals surface area (Å²) >= 11 is 0. The average molecular weight is 282 g/mol. The number of hydrogen-bond donors (Lipinski definition) is 1. The van der Waals surface area contributed by atoms with Gasteiger partial charge in [0.05, 0.1) is 6.42 Å². The number of aromatic nitrogens is 1. The van der Waals surface area contributed by atoms with Crippen molar-refractivity contribution >= 4 is 11.6 Å². The molecule has 3 heteroatoms. The largest absolute Gasteiger partial charge is 0.325 e. The SMILES string of the molecule is CCc1cc(C)c(NC(=O)Cc2ccccn2)c(CC)c1. The predicted octanol–water partition coefficient (Wildman–Crippen LogP) is 3.70. The summed E-state index contributed by atoms with van der Waals surface area (Å²) in [6, 6.07) is 9.95. The Morgan fingerprint density at radius 2 is 2.00 bits per heavy atom. The maximum atomic E-state index is 12.2. The van der Waals surface area contributed by atoms with Gasteiger partial charge in [0.15, 0.2) is 0 Å². The molecule has 1 aromatic heterocycles. The summed E-state index contributed by atoms with van der Waals surface area (Å²) in [4.78, 5) is 16.4. The molecule has 0 aliphatic heterocycles. The van der Waals surface area contributed by atoms with Gasteiger partial charge in [-0.3, -0.25) is 9.78 Å². The van der Waals surface area contributed by atoms with Crippen LogP contribution in [0.1, 0.15) is 36.2 Å². The Kier molecular flexibility index (Phi) is 5.09. The first-order chi connectivity index (χ1) is 10.1. The maximum absolute atomic E-state index is 12.2. The zero-order valence-electron chi connectivity index (χ0n) is 12.9. The number of carbonyl (C=O) groups excluding carboxylic acids is 1. The van der Waals surface area contributed by atoms with Gasteiger partial charge in [-0.2, -0.15) is 0 Å². The van der Waals surface area contributed by atoms with E-state index in [-0.39, 0.29) is 5.91 Å². The minimum atomic E-state index is -0.0178. The zero-order valence-corrected chi connectivity index (χ0v) is 12.9. The molecule has 0 fully saturated rings. The Hall–Kier alpha value is -2.16. The van der Waals surface area contributed by atoms with Crippen LogP contribution < -0.4 is 5.32 Å². The molecule has 0 aliphatic rings. The van der Waals surface area contributed by atoms with E-state index < -0.39 is 0 Å². The second-order valence-electron chi connectivity index (χ2n) is 5.20. The second kappa shape index (κ2) is 7.02. The second-order valence-corrected chi connectivity index (χ2v) is 5.20. The topological polar surface area (TPSA) is 42.0 Å². The number of benzene rings is 1. The molecule has 1 aromatic carbocycles. The number of hydrogen-bond acceptors (Lipinski definition) is 2. The number of rotatable bonds is 5. The van der Waals surface area contributed by atoms with E-state index in [1.165, 1.54) is 11.1 Å². The molecule has 0 saturated carbocycles. The number of amides is 1. The van der Waals surface area contributed by atoms with Crippen molar-refractivity contribution in [3.8, 4) is 0 Å². The van der Waals surface area contributed by atoms with Crippen LogP contribution >= 0.6 is 0 Å². The lowest BCUT2D eigenvalue weighted by atomic mass is 10.00. The van der Waals surface area contributed by atoms with Gasteiger partial charge in [0.1, 0.15) is 0 Å². The van der Waals surface area contributed by atoms with Crippen LogP contribution in [0.5, 0.6) is 0 Å². The Balaban J connectivity index is 2.17. The van der Waals surface area contributed by atoms with Crippen molar-refractivity contribution in [1.29, 1.82) is 0 Å². The average Bonchev–Trinajstić information content (AvgIpc) is 2.50. The van der Waals surface area contributed by atoms with E-state index in [1.54, 1.807) is 6.20 Å². The molecule has 2 aromatic rings. The molecule has 0 saturated heterocycles. The van der Waals surface area contributed by atoms with E-state index >= 15 is 0 Å². The van der Waals surface area contributed by atoms with Crippen molar-refractivity contribution in [3.63, 3.8) is 0 Å². The smallest absolute Gasteiger partial charge is 0.230 e. The number of nitrogens with one attached hydrogen (secondary N) is 1. The van der Waals surface area contributed by atoms with E-state index in [1.807, 2.05) is 18.2 Å². The summed E-state index contributed by atoms with van der Waals surface area (Å²) < 4.78 is 0. The number of aryl methyl sites for hydroxylation is 3. The highest BCUT2D eigenvalue weighted by Gasteiger charge is 2.11. The minimum Gasteiger partial charge on any atom is -0.325 e. The molecule has 3 nitrogen and oxygen atoms in total. The van der Waals surface area contributed by atoms with Crippen molar-refractivity contribution in [1.82, 2.24) is 4.98 Å². The summed E-state index contributed by atoms with van der Waals surface area (Å²) in [7, 11) is 0. The fourth-order valence-corrected chi connectivity index (χ4v) is 2.45. The molecule has 0 aliphatic carbocycles. The summed E-state index contributed by atoms with van der Waals surface area (Å²) in [6.45, 7) is 6.31. The van der Waals surface area contributed by atoms with E-state index in [9.17, 15) is 4.79 Å². The molecule has 110 valence electrons. The minimum absolute atomic E-state index is 0.0178. The molecule has 1 amide bonds. The molecule has 1 N–H and O–H groups in total.